The first kappa shape index (κ1) is 32.8. The quantitative estimate of drug-likeness (QED) is 0.229. The number of alkyl halides is 3. The number of nitrogens with zero attached hydrogens (tertiary/aromatic N) is 5. The minimum atomic E-state index is -5.01. The number of rotatable bonds is 7. The molecule has 0 spiro atoms. The minimum Gasteiger partial charge on any atom is -0.508 e. The summed E-state index contributed by atoms with van der Waals surface area (Å²) in [4.78, 5) is 18.1. The van der Waals surface area contributed by atoms with Crippen LogP contribution in [0.15, 0.2) is 30.3 Å². The summed E-state index contributed by atoms with van der Waals surface area (Å²) >= 11 is 0. The SMILES string of the molecule is CC.COc1nc(-c2cc(O)cc3cccc(OC(F)(F)F)c23)c(F)c2nc(OCC34CCCN3CCC4)nc(N3CCNCC3)c12. The van der Waals surface area contributed by atoms with Gasteiger partial charge in [-0.15, -0.1) is 13.2 Å². The zero-order valence-electron chi connectivity index (χ0n) is 26.6. The van der Waals surface area contributed by atoms with Gasteiger partial charge in [0.2, 0.25) is 5.88 Å². The van der Waals surface area contributed by atoms with Gasteiger partial charge in [0.1, 0.15) is 40.5 Å². The molecule has 3 aliphatic heterocycles. The second-order valence-corrected chi connectivity index (χ2v) is 11.7. The molecule has 0 amide bonds. The van der Waals surface area contributed by atoms with Crippen molar-refractivity contribution >= 4 is 27.5 Å². The Morgan fingerprint density at radius 2 is 1.70 bits per heavy atom. The molecule has 0 saturated carbocycles. The number of nitrogens with one attached hydrogen (secondary N) is 1. The zero-order chi connectivity index (χ0) is 33.3. The number of aromatic nitrogens is 3. The van der Waals surface area contributed by atoms with E-state index in [0.29, 0.717) is 38.6 Å². The first-order valence-electron chi connectivity index (χ1n) is 16.0. The van der Waals surface area contributed by atoms with E-state index in [1.54, 1.807) is 0 Å². The number of pyridine rings is 1. The molecule has 2 N–H and O–H groups in total. The molecule has 0 unspecified atom stereocenters. The molecule has 5 heterocycles. The topological polar surface area (TPSA) is 105 Å². The summed E-state index contributed by atoms with van der Waals surface area (Å²) in [6, 6.07) is 6.37. The Balaban J connectivity index is 0.00000190. The highest BCUT2D eigenvalue weighted by atomic mass is 19.4. The zero-order valence-corrected chi connectivity index (χ0v) is 26.6. The van der Waals surface area contributed by atoms with Crippen LogP contribution >= 0.6 is 0 Å². The number of phenols is 1. The monoisotopic (exact) mass is 658 g/mol. The van der Waals surface area contributed by atoms with Crippen LogP contribution in [0.1, 0.15) is 39.5 Å². The maximum atomic E-state index is 16.8. The summed E-state index contributed by atoms with van der Waals surface area (Å²) < 4.78 is 73.2. The fourth-order valence-electron chi connectivity index (χ4n) is 7.03. The van der Waals surface area contributed by atoms with E-state index in [0.717, 1.165) is 50.9 Å². The molecule has 4 aromatic rings. The molecule has 47 heavy (non-hydrogen) atoms. The van der Waals surface area contributed by atoms with Gasteiger partial charge in [0.05, 0.1) is 12.6 Å². The van der Waals surface area contributed by atoms with E-state index < -0.39 is 17.9 Å². The maximum Gasteiger partial charge on any atom is 0.573 e. The van der Waals surface area contributed by atoms with Gasteiger partial charge in [-0.1, -0.05) is 26.0 Å². The summed E-state index contributed by atoms with van der Waals surface area (Å²) in [6.07, 6.45) is -0.871. The molecule has 0 aliphatic carbocycles. The molecule has 2 aromatic heterocycles. The van der Waals surface area contributed by atoms with Crippen LogP contribution in [0.2, 0.25) is 0 Å². The fourth-order valence-corrected chi connectivity index (χ4v) is 7.03. The molecule has 14 heteroatoms. The van der Waals surface area contributed by atoms with E-state index in [2.05, 4.69) is 24.9 Å². The lowest BCUT2D eigenvalue weighted by Crippen LogP contribution is -2.44. The van der Waals surface area contributed by atoms with E-state index in [1.807, 2.05) is 18.7 Å². The fraction of sp³-hybridized carbons (Fsp3) is 0.485. The maximum absolute atomic E-state index is 16.8. The number of piperazine rings is 1. The molecular formula is C33H38F4N6O4. The first-order chi connectivity index (χ1) is 22.7. The van der Waals surface area contributed by atoms with Crippen LogP contribution in [0.5, 0.6) is 23.4 Å². The van der Waals surface area contributed by atoms with Gasteiger partial charge in [-0.3, -0.25) is 4.90 Å². The predicted molar refractivity (Wildman–Crippen MR) is 170 cm³/mol. The smallest absolute Gasteiger partial charge is 0.508 e. The van der Waals surface area contributed by atoms with Crippen LogP contribution in [-0.4, -0.2) is 89.8 Å². The summed E-state index contributed by atoms with van der Waals surface area (Å²) in [5.41, 5.74) is -0.763. The van der Waals surface area contributed by atoms with E-state index in [9.17, 15) is 18.3 Å². The van der Waals surface area contributed by atoms with Gasteiger partial charge < -0.3 is 29.5 Å². The van der Waals surface area contributed by atoms with Crippen molar-refractivity contribution in [2.75, 3.05) is 57.9 Å². The number of halogens is 4. The van der Waals surface area contributed by atoms with Gasteiger partial charge >= 0.3 is 12.4 Å². The summed E-state index contributed by atoms with van der Waals surface area (Å²) in [7, 11) is 1.36. The van der Waals surface area contributed by atoms with E-state index >= 15 is 4.39 Å². The summed E-state index contributed by atoms with van der Waals surface area (Å²) in [5.74, 6) is -1.43. The molecule has 7 rings (SSSR count). The van der Waals surface area contributed by atoms with E-state index in [1.165, 1.54) is 25.3 Å². The van der Waals surface area contributed by atoms with Crippen LogP contribution in [0.4, 0.5) is 23.4 Å². The number of ether oxygens (including phenoxy) is 3. The number of methoxy groups -OCH3 is 1. The van der Waals surface area contributed by atoms with Crippen LogP contribution in [0.3, 0.4) is 0 Å². The number of aromatic hydroxyl groups is 1. The van der Waals surface area contributed by atoms with Crippen molar-refractivity contribution in [3.63, 3.8) is 0 Å². The second-order valence-electron chi connectivity index (χ2n) is 11.7. The average Bonchev–Trinajstić information content (AvgIpc) is 3.65. The predicted octanol–water partition coefficient (Wildman–Crippen LogP) is 6.04. The minimum absolute atomic E-state index is 0.0101. The molecule has 2 aromatic carbocycles. The number of fused-ring (bicyclic) bond motifs is 3. The third-order valence-electron chi connectivity index (χ3n) is 9.01. The number of hydrogen-bond acceptors (Lipinski definition) is 10. The Kier molecular flexibility index (Phi) is 9.16. The van der Waals surface area contributed by atoms with Gasteiger partial charge in [0.15, 0.2) is 5.82 Å². The van der Waals surface area contributed by atoms with Crippen LogP contribution < -0.4 is 24.4 Å². The highest BCUT2D eigenvalue weighted by Gasteiger charge is 2.45. The van der Waals surface area contributed by atoms with Gasteiger partial charge in [0, 0.05) is 37.1 Å². The molecule has 10 nitrogen and oxygen atoms in total. The Labute approximate surface area is 269 Å². The molecule has 3 saturated heterocycles. The number of hydrogen-bond donors (Lipinski definition) is 2. The van der Waals surface area contributed by atoms with E-state index in [4.69, 9.17) is 14.5 Å². The molecule has 252 valence electrons. The molecular weight excluding hydrogens is 620 g/mol. The van der Waals surface area contributed by atoms with Gasteiger partial charge in [-0.25, -0.2) is 9.37 Å². The highest BCUT2D eigenvalue weighted by Crippen LogP contribution is 2.44. The Morgan fingerprint density at radius 3 is 2.38 bits per heavy atom. The van der Waals surface area contributed by atoms with E-state index in [-0.39, 0.29) is 56.1 Å². The van der Waals surface area contributed by atoms with Crippen LogP contribution in [0, 0.1) is 5.82 Å². The Bertz CT molecular complexity index is 1760. The van der Waals surface area contributed by atoms with Crippen molar-refractivity contribution in [1.29, 1.82) is 0 Å². The Morgan fingerprint density at radius 1 is 0.979 bits per heavy atom. The van der Waals surface area contributed by atoms with Crippen LogP contribution in [-0.2, 0) is 0 Å². The number of anilines is 1. The van der Waals surface area contributed by atoms with Gasteiger partial charge in [-0.2, -0.15) is 9.97 Å². The highest BCUT2D eigenvalue weighted by molar-refractivity contribution is 6.04. The largest absolute Gasteiger partial charge is 0.573 e. The number of benzene rings is 2. The summed E-state index contributed by atoms with van der Waals surface area (Å²) in [5, 5.41) is 14.1. The Hall–Kier alpha value is -4.17. The molecule has 3 fully saturated rings. The third-order valence-corrected chi connectivity index (χ3v) is 9.01. The normalized spacial score (nSPS) is 17.8. The van der Waals surface area contributed by atoms with Crippen LogP contribution in [0.25, 0.3) is 32.9 Å². The van der Waals surface area contributed by atoms with Crippen molar-refractivity contribution in [2.24, 2.45) is 0 Å². The first-order valence-corrected chi connectivity index (χ1v) is 16.0. The summed E-state index contributed by atoms with van der Waals surface area (Å²) in [6.45, 7) is 8.86. The molecule has 0 atom stereocenters. The lowest BCUT2D eigenvalue weighted by Gasteiger charge is -2.32. The van der Waals surface area contributed by atoms with Gasteiger partial charge in [-0.05, 0) is 62.4 Å². The molecule has 0 bridgehead atoms. The molecule has 0 radical (unpaired) electrons. The van der Waals surface area contributed by atoms with Crippen molar-refractivity contribution < 1.29 is 36.9 Å². The average molecular weight is 659 g/mol. The second kappa shape index (κ2) is 13.1. The van der Waals surface area contributed by atoms with Crippen molar-refractivity contribution in [2.45, 2.75) is 51.4 Å². The van der Waals surface area contributed by atoms with Gasteiger partial charge in [0.25, 0.3) is 0 Å². The standard InChI is InChI=1S/C31H32F4N6O4.C2H6/c1-43-28-23-26(24(32)25(37-28)20-16-19(42)15-18-5-2-6-21(22(18)20)45-31(33,34)35)38-29(39-27(23)40-13-9-36-10-14-40)44-17-30-7-3-11-41(30)12-4-8-30;1-2/h2,5-6,15-16,36,42H,3-4,7-14,17H2,1H3;1-2H3. The van der Waals surface area contributed by atoms with Crippen molar-refractivity contribution in [1.82, 2.24) is 25.2 Å². The molecule has 3 aliphatic rings. The number of phenolic OH excluding ortho intramolecular Hbond substituents is 1. The van der Waals surface area contributed by atoms with Crippen molar-refractivity contribution in [3.8, 4) is 34.6 Å². The third kappa shape index (κ3) is 6.28. The lowest BCUT2D eigenvalue weighted by atomic mass is 9.95. The lowest BCUT2D eigenvalue weighted by molar-refractivity contribution is -0.274. The van der Waals surface area contributed by atoms with Crippen molar-refractivity contribution in [3.05, 3.63) is 36.1 Å².